The lowest BCUT2D eigenvalue weighted by atomic mass is 9.47. The second kappa shape index (κ2) is 8.76. The van der Waals surface area contributed by atoms with Crippen molar-refractivity contribution in [1.29, 1.82) is 0 Å². The summed E-state index contributed by atoms with van der Waals surface area (Å²) in [4.78, 5) is 13.3. The minimum atomic E-state index is -1.19. The average Bonchev–Trinajstić information content (AvgIpc) is 2.74. The van der Waals surface area contributed by atoms with Crippen LogP contribution >= 0.6 is 0 Å². The smallest absolute Gasteiger partial charge is 0.312 e. The first-order valence-electron chi connectivity index (χ1n) is 11.6. The molecule has 1 fully saturated rings. The first kappa shape index (κ1) is 23.5. The SMILES string of the molecule is CC(C)C1=CC2=CCC3[C@](C)(C(=O)OCC(CO)(CO)CO)CCC[C@]3(C)[C@H]2CC1. The van der Waals surface area contributed by atoms with Crippen molar-refractivity contribution in [3.8, 4) is 0 Å². The van der Waals surface area contributed by atoms with E-state index >= 15 is 0 Å². The van der Waals surface area contributed by atoms with Gasteiger partial charge >= 0.3 is 5.97 Å². The normalized spacial score (nSPS) is 34.0. The molecular weight excluding hydrogens is 380 g/mol. The van der Waals surface area contributed by atoms with E-state index < -0.39 is 30.7 Å². The van der Waals surface area contributed by atoms with Crippen molar-refractivity contribution in [2.24, 2.45) is 34.0 Å². The maximum absolute atomic E-state index is 13.3. The Morgan fingerprint density at radius 3 is 2.47 bits per heavy atom. The lowest BCUT2D eigenvalue weighted by Crippen LogP contribution is -2.54. The summed E-state index contributed by atoms with van der Waals surface area (Å²) >= 11 is 0. The van der Waals surface area contributed by atoms with Crippen molar-refractivity contribution < 1.29 is 24.9 Å². The van der Waals surface area contributed by atoms with Gasteiger partial charge in [0.1, 0.15) is 6.61 Å². The molecule has 1 saturated carbocycles. The first-order chi connectivity index (χ1) is 14.2. The van der Waals surface area contributed by atoms with Crippen molar-refractivity contribution >= 4 is 5.97 Å². The Hall–Kier alpha value is -1.17. The predicted molar refractivity (Wildman–Crippen MR) is 117 cm³/mol. The second-order valence-electron chi connectivity index (χ2n) is 10.8. The standard InChI is InChI=1S/C25H40O5/c1-17(2)18-6-8-20-19(12-18)7-9-21-23(20,3)10-5-11-24(21,4)22(29)30-16-25(13-26,14-27)15-28/h7,12,17,20-21,26-28H,5-6,8-11,13-16H2,1-4H3/t20-,21?,23+,24+/m0/s1. The zero-order valence-electron chi connectivity index (χ0n) is 19.1. The highest BCUT2D eigenvalue weighted by atomic mass is 16.5. The molecule has 3 aliphatic rings. The molecule has 1 unspecified atom stereocenters. The quantitative estimate of drug-likeness (QED) is 0.548. The van der Waals surface area contributed by atoms with Gasteiger partial charge in [0, 0.05) is 0 Å². The maximum Gasteiger partial charge on any atom is 0.312 e. The maximum atomic E-state index is 13.3. The van der Waals surface area contributed by atoms with Crippen molar-refractivity contribution in [2.45, 2.75) is 66.2 Å². The van der Waals surface area contributed by atoms with Crippen molar-refractivity contribution in [3.63, 3.8) is 0 Å². The highest BCUT2D eigenvalue weighted by Gasteiger charge is 2.57. The summed E-state index contributed by atoms with van der Waals surface area (Å²) in [6, 6.07) is 0. The van der Waals surface area contributed by atoms with E-state index in [1.165, 1.54) is 11.1 Å². The van der Waals surface area contributed by atoms with Gasteiger partial charge in [-0.2, -0.15) is 0 Å². The van der Waals surface area contributed by atoms with Gasteiger partial charge in [0.25, 0.3) is 0 Å². The number of aliphatic hydroxyl groups excluding tert-OH is 3. The molecule has 30 heavy (non-hydrogen) atoms. The fourth-order valence-electron chi connectivity index (χ4n) is 6.26. The third-order valence-corrected chi connectivity index (χ3v) is 8.56. The molecule has 170 valence electrons. The summed E-state index contributed by atoms with van der Waals surface area (Å²) in [7, 11) is 0. The molecule has 0 spiro atoms. The third kappa shape index (κ3) is 3.89. The summed E-state index contributed by atoms with van der Waals surface area (Å²) in [6.45, 7) is 7.48. The van der Waals surface area contributed by atoms with Gasteiger partial charge in [0.05, 0.1) is 30.7 Å². The van der Waals surface area contributed by atoms with Gasteiger partial charge in [-0.15, -0.1) is 0 Å². The minimum absolute atomic E-state index is 0.0666. The van der Waals surface area contributed by atoms with Gasteiger partial charge in [-0.05, 0) is 67.8 Å². The highest BCUT2D eigenvalue weighted by Crippen LogP contribution is 2.62. The summed E-state index contributed by atoms with van der Waals surface area (Å²) in [5, 5.41) is 28.7. The molecule has 3 aliphatic carbocycles. The number of aliphatic hydroxyl groups is 3. The number of esters is 1. The van der Waals surface area contributed by atoms with Crippen LogP contribution in [0, 0.1) is 34.0 Å². The van der Waals surface area contributed by atoms with Crippen LogP contribution in [-0.2, 0) is 9.53 Å². The minimum Gasteiger partial charge on any atom is -0.464 e. The van der Waals surface area contributed by atoms with Crippen LogP contribution in [0.5, 0.6) is 0 Å². The van der Waals surface area contributed by atoms with Crippen LogP contribution in [0.3, 0.4) is 0 Å². The number of allylic oxidation sites excluding steroid dienone is 4. The van der Waals surface area contributed by atoms with Crippen LogP contribution in [-0.4, -0.2) is 47.7 Å². The van der Waals surface area contributed by atoms with Gasteiger partial charge in [0.2, 0.25) is 0 Å². The summed E-state index contributed by atoms with van der Waals surface area (Å²) in [6.07, 6.45) is 10.8. The number of carbonyl (C=O) groups is 1. The van der Waals surface area contributed by atoms with Crippen molar-refractivity contribution in [1.82, 2.24) is 0 Å². The molecule has 0 radical (unpaired) electrons. The van der Waals surface area contributed by atoms with E-state index in [0.717, 1.165) is 38.5 Å². The molecule has 0 aromatic carbocycles. The van der Waals surface area contributed by atoms with E-state index in [1.54, 1.807) is 0 Å². The number of hydrogen-bond donors (Lipinski definition) is 3. The monoisotopic (exact) mass is 420 g/mol. The lowest BCUT2D eigenvalue weighted by Gasteiger charge is -2.57. The number of fused-ring (bicyclic) bond motifs is 3. The highest BCUT2D eigenvalue weighted by molar-refractivity contribution is 5.77. The Kier molecular flexibility index (Phi) is 6.86. The Morgan fingerprint density at radius 1 is 1.20 bits per heavy atom. The van der Waals surface area contributed by atoms with Crippen molar-refractivity contribution in [2.75, 3.05) is 26.4 Å². The van der Waals surface area contributed by atoms with Crippen LogP contribution in [0.1, 0.15) is 66.2 Å². The van der Waals surface area contributed by atoms with Crippen LogP contribution in [0.15, 0.2) is 23.3 Å². The molecule has 3 N–H and O–H groups in total. The van der Waals surface area contributed by atoms with E-state index in [4.69, 9.17) is 4.74 Å². The van der Waals surface area contributed by atoms with Gasteiger partial charge in [0.15, 0.2) is 0 Å². The summed E-state index contributed by atoms with van der Waals surface area (Å²) < 4.78 is 5.65. The molecule has 0 aliphatic heterocycles. The fraction of sp³-hybridized carbons (Fsp3) is 0.800. The van der Waals surface area contributed by atoms with Crippen LogP contribution in [0.4, 0.5) is 0 Å². The Bertz CT molecular complexity index is 696. The molecule has 5 heteroatoms. The molecule has 0 saturated heterocycles. The third-order valence-electron chi connectivity index (χ3n) is 8.56. The van der Waals surface area contributed by atoms with E-state index in [9.17, 15) is 20.1 Å². The molecule has 0 amide bonds. The van der Waals surface area contributed by atoms with Crippen LogP contribution in [0.25, 0.3) is 0 Å². The van der Waals surface area contributed by atoms with E-state index in [-0.39, 0.29) is 23.9 Å². The zero-order chi connectivity index (χ0) is 22.2. The predicted octanol–water partition coefficient (Wildman–Crippen LogP) is 3.63. The number of hydrogen-bond acceptors (Lipinski definition) is 5. The van der Waals surface area contributed by atoms with Gasteiger partial charge in [-0.25, -0.2) is 0 Å². The molecule has 0 aromatic heterocycles. The number of carbonyl (C=O) groups excluding carboxylic acids is 1. The Morgan fingerprint density at radius 2 is 1.87 bits per heavy atom. The fourth-order valence-corrected chi connectivity index (χ4v) is 6.26. The molecule has 0 aromatic rings. The molecule has 5 nitrogen and oxygen atoms in total. The summed E-state index contributed by atoms with van der Waals surface area (Å²) in [5.74, 6) is 1.01. The van der Waals surface area contributed by atoms with E-state index in [2.05, 4.69) is 32.9 Å². The Balaban J connectivity index is 1.84. The van der Waals surface area contributed by atoms with Gasteiger partial charge < -0.3 is 20.1 Å². The molecule has 0 heterocycles. The topological polar surface area (TPSA) is 87.0 Å². The van der Waals surface area contributed by atoms with Crippen molar-refractivity contribution in [3.05, 3.63) is 23.3 Å². The number of rotatable bonds is 7. The summed E-state index contributed by atoms with van der Waals surface area (Å²) in [5.41, 5.74) is 1.28. The largest absolute Gasteiger partial charge is 0.464 e. The number of ether oxygens (including phenoxy) is 1. The van der Waals surface area contributed by atoms with Crippen LogP contribution in [0.2, 0.25) is 0 Å². The van der Waals surface area contributed by atoms with E-state index in [0.29, 0.717) is 11.8 Å². The van der Waals surface area contributed by atoms with Crippen LogP contribution < -0.4 is 0 Å². The molecule has 0 bridgehead atoms. The Labute approximate surface area is 181 Å². The first-order valence-corrected chi connectivity index (χ1v) is 11.6. The molecular formula is C25H40O5. The zero-order valence-corrected chi connectivity index (χ0v) is 19.1. The molecule has 4 atom stereocenters. The second-order valence-corrected chi connectivity index (χ2v) is 10.8. The molecule has 3 rings (SSSR count). The van der Waals surface area contributed by atoms with Gasteiger partial charge in [-0.1, -0.05) is 44.9 Å². The lowest BCUT2D eigenvalue weighted by molar-refractivity contribution is -0.176. The average molecular weight is 421 g/mol. The van der Waals surface area contributed by atoms with Gasteiger partial charge in [-0.3, -0.25) is 4.79 Å². The van der Waals surface area contributed by atoms with E-state index in [1.807, 2.05) is 6.92 Å².